The molecule has 5 nitrogen and oxygen atoms in total. The van der Waals surface area contributed by atoms with E-state index >= 15 is 0 Å². The van der Waals surface area contributed by atoms with Gasteiger partial charge < -0.3 is 14.2 Å². The summed E-state index contributed by atoms with van der Waals surface area (Å²) in [6.07, 6.45) is 0. The first-order valence-electron chi connectivity index (χ1n) is 2.77. The van der Waals surface area contributed by atoms with E-state index in [0.29, 0.717) is 0 Å². The van der Waals surface area contributed by atoms with Crippen LogP contribution in [0.3, 0.4) is 0 Å². The van der Waals surface area contributed by atoms with Crippen LogP contribution in [-0.2, 0) is 9.53 Å². The van der Waals surface area contributed by atoms with Gasteiger partial charge in [0, 0.05) is 14.1 Å². The van der Waals surface area contributed by atoms with Crippen LogP contribution in [0, 0.1) is 0 Å². The monoisotopic (exact) mass is 178 g/mol. The van der Waals surface area contributed by atoms with Crippen molar-refractivity contribution in [1.29, 1.82) is 0 Å². The Bertz CT molecular complexity index is 169. The second-order valence-corrected chi connectivity index (χ2v) is 2.23. The third kappa shape index (κ3) is 3.24. The number of methoxy groups -OCH3 is 1. The molecular weight excluding hydrogens is 168 g/mol. The predicted molar refractivity (Wildman–Crippen MR) is 43.4 cm³/mol. The molecule has 0 aromatic heterocycles. The van der Waals surface area contributed by atoms with E-state index in [4.69, 9.17) is 4.55 Å². The van der Waals surface area contributed by atoms with Gasteiger partial charge in [-0.1, -0.05) is 0 Å². The molecular formula is C5H10N2O3S. The lowest BCUT2D eigenvalue weighted by atomic mass is 10.5. The maximum absolute atomic E-state index is 11.0. The molecule has 0 aromatic rings. The average molecular weight is 178 g/mol. The highest BCUT2D eigenvalue weighted by Crippen LogP contribution is 1.96. The standard InChI is InChI=1S/C5H10N2O3S/c1-7(2)5(8)4(10-3)6-11-9/h9H,1-3H3/b6-4-. The van der Waals surface area contributed by atoms with Crippen LogP contribution in [-0.4, -0.2) is 42.5 Å². The molecule has 0 aliphatic heterocycles. The van der Waals surface area contributed by atoms with Gasteiger partial charge in [-0.25, -0.2) is 0 Å². The Morgan fingerprint density at radius 2 is 2.18 bits per heavy atom. The molecule has 0 bridgehead atoms. The Hall–Kier alpha value is -0.750. The summed E-state index contributed by atoms with van der Waals surface area (Å²) >= 11 is 0.196. The average Bonchev–Trinajstić information content (AvgIpc) is 1.98. The van der Waals surface area contributed by atoms with E-state index < -0.39 is 0 Å². The van der Waals surface area contributed by atoms with Crippen LogP contribution in [0.15, 0.2) is 4.40 Å². The fraction of sp³-hybridized carbons (Fsp3) is 0.600. The summed E-state index contributed by atoms with van der Waals surface area (Å²) in [5, 5.41) is 0. The Balaban J connectivity index is 4.26. The number of ether oxygens (including phenoxy) is 1. The van der Waals surface area contributed by atoms with Crippen molar-refractivity contribution >= 4 is 24.0 Å². The van der Waals surface area contributed by atoms with E-state index in [9.17, 15) is 4.79 Å². The highest BCUT2D eigenvalue weighted by atomic mass is 32.2. The van der Waals surface area contributed by atoms with Crippen molar-refractivity contribution in [3.05, 3.63) is 0 Å². The van der Waals surface area contributed by atoms with Crippen LogP contribution >= 0.6 is 12.2 Å². The smallest absolute Gasteiger partial charge is 0.309 e. The number of hydrogen-bond acceptors (Lipinski definition) is 5. The van der Waals surface area contributed by atoms with Gasteiger partial charge in [0.2, 0.25) is 0 Å². The van der Waals surface area contributed by atoms with E-state index in [2.05, 4.69) is 9.13 Å². The number of hydrogen-bond donors (Lipinski definition) is 1. The molecule has 0 aliphatic rings. The molecule has 1 amide bonds. The minimum Gasteiger partial charge on any atom is -0.477 e. The Kier molecular flexibility index (Phi) is 4.64. The Labute approximate surface area is 69.4 Å². The lowest BCUT2D eigenvalue weighted by Gasteiger charge is -2.09. The first-order valence-corrected chi connectivity index (χ1v) is 3.50. The minimum atomic E-state index is -0.381. The number of likely N-dealkylation sites (N-methyl/N-ethyl adjacent to an activating group) is 1. The zero-order chi connectivity index (χ0) is 8.85. The van der Waals surface area contributed by atoms with E-state index in [1.54, 1.807) is 14.1 Å². The summed E-state index contributed by atoms with van der Waals surface area (Å²) in [6, 6.07) is 0. The van der Waals surface area contributed by atoms with E-state index in [-0.39, 0.29) is 24.0 Å². The van der Waals surface area contributed by atoms with Crippen molar-refractivity contribution < 1.29 is 14.1 Å². The Morgan fingerprint density at radius 3 is 2.45 bits per heavy atom. The second kappa shape index (κ2) is 4.97. The van der Waals surface area contributed by atoms with E-state index in [1.165, 1.54) is 12.0 Å². The summed E-state index contributed by atoms with van der Waals surface area (Å²) in [5.74, 6) is -0.503. The quantitative estimate of drug-likeness (QED) is 0.270. The molecule has 11 heavy (non-hydrogen) atoms. The van der Waals surface area contributed by atoms with E-state index in [1.807, 2.05) is 0 Å². The summed E-state index contributed by atoms with van der Waals surface area (Å²) in [4.78, 5) is 12.3. The zero-order valence-electron chi connectivity index (χ0n) is 6.57. The van der Waals surface area contributed by atoms with Crippen LogP contribution in [0.4, 0.5) is 0 Å². The molecule has 0 spiro atoms. The van der Waals surface area contributed by atoms with Crippen LogP contribution in [0.1, 0.15) is 0 Å². The van der Waals surface area contributed by atoms with Gasteiger partial charge in [0.15, 0.2) is 0 Å². The van der Waals surface area contributed by atoms with Crippen LogP contribution in [0.25, 0.3) is 0 Å². The topological polar surface area (TPSA) is 62.1 Å². The molecule has 0 atom stereocenters. The number of carbonyl (C=O) groups is 1. The number of carbonyl (C=O) groups excluding carboxylic acids is 1. The molecule has 0 radical (unpaired) electrons. The van der Waals surface area contributed by atoms with Gasteiger partial charge in [-0.15, -0.1) is 4.40 Å². The van der Waals surface area contributed by atoms with Crippen molar-refractivity contribution in [1.82, 2.24) is 4.90 Å². The van der Waals surface area contributed by atoms with Gasteiger partial charge in [0.25, 0.3) is 5.90 Å². The molecule has 6 heteroatoms. The summed E-state index contributed by atoms with van der Waals surface area (Å²) < 4.78 is 16.2. The number of rotatable bonds is 1. The van der Waals surface area contributed by atoms with Gasteiger partial charge in [0.05, 0.1) is 7.11 Å². The molecule has 0 unspecified atom stereocenters. The predicted octanol–water partition coefficient (Wildman–Crippen LogP) is 0.241. The molecule has 0 saturated carbocycles. The van der Waals surface area contributed by atoms with Crippen molar-refractivity contribution in [2.24, 2.45) is 4.40 Å². The largest absolute Gasteiger partial charge is 0.477 e. The van der Waals surface area contributed by atoms with Crippen LogP contribution in [0.5, 0.6) is 0 Å². The molecule has 1 N–H and O–H groups in total. The second-order valence-electron chi connectivity index (χ2n) is 1.88. The molecule has 64 valence electrons. The fourth-order valence-electron chi connectivity index (χ4n) is 0.392. The molecule has 0 fully saturated rings. The summed E-state index contributed by atoms with van der Waals surface area (Å²) in [6.45, 7) is 0. The zero-order valence-corrected chi connectivity index (χ0v) is 7.38. The Morgan fingerprint density at radius 1 is 1.64 bits per heavy atom. The van der Waals surface area contributed by atoms with Gasteiger partial charge >= 0.3 is 5.91 Å². The highest BCUT2D eigenvalue weighted by molar-refractivity contribution is 7.92. The van der Waals surface area contributed by atoms with Gasteiger partial charge in [-0.05, 0) is 0 Å². The number of nitrogens with zero attached hydrogens (tertiary/aromatic N) is 2. The molecule has 0 heterocycles. The van der Waals surface area contributed by atoms with Crippen LogP contribution in [0.2, 0.25) is 0 Å². The lowest BCUT2D eigenvalue weighted by molar-refractivity contribution is -0.123. The maximum atomic E-state index is 11.0. The molecule has 0 saturated heterocycles. The minimum absolute atomic E-state index is 0.123. The van der Waals surface area contributed by atoms with Crippen LogP contribution < -0.4 is 0 Å². The highest BCUT2D eigenvalue weighted by Gasteiger charge is 2.13. The summed E-state index contributed by atoms with van der Waals surface area (Å²) in [7, 11) is 4.45. The van der Waals surface area contributed by atoms with Crippen molar-refractivity contribution in [2.45, 2.75) is 0 Å². The third-order valence-electron chi connectivity index (χ3n) is 0.906. The van der Waals surface area contributed by atoms with E-state index in [0.717, 1.165) is 0 Å². The van der Waals surface area contributed by atoms with Gasteiger partial charge in [-0.2, -0.15) is 0 Å². The van der Waals surface area contributed by atoms with Crippen molar-refractivity contribution in [3.8, 4) is 0 Å². The molecule has 0 rings (SSSR count). The van der Waals surface area contributed by atoms with Crippen molar-refractivity contribution in [2.75, 3.05) is 21.2 Å². The molecule has 0 aromatic carbocycles. The first kappa shape index (κ1) is 10.2. The van der Waals surface area contributed by atoms with Gasteiger partial charge in [-0.3, -0.25) is 4.79 Å². The summed E-state index contributed by atoms with van der Waals surface area (Å²) in [5.41, 5.74) is 0. The fourth-order valence-corrected chi connectivity index (χ4v) is 0.619. The molecule has 0 aliphatic carbocycles. The van der Waals surface area contributed by atoms with Crippen molar-refractivity contribution in [3.63, 3.8) is 0 Å². The normalized spacial score (nSPS) is 11.1. The first-order chi connectivity index (χ1) is 5.13. The van der Waals surface area contributed by atoms with Gasteiger partial charge in [0.1, 0.15) is 12.2 Å². The SMILES string of the molecule is CO/C(=N\SO)C(=O)N(C)C. The number of amides is 1. The third-order valence-corrected chi connectivity index (χ3v) is 1.15. The maximum Gasteiger partial charge on any atom is 0.309 e. The lowest BCUT2D eigenvalue weighted by Crippen LogP contribution is -2.30.